The number of carbonyl (C=O) groups excluding carboxylic acids is 3. The van der Waals surface area contributed by atoms with Gasteiger partial charge in [-0.05, 0) is 59.5 Å². The van der Waals surface area contributed by atoms with Crippen molar-refractivity contribution < 1.29 is 23.5 Å². The average molecular weight is 493 g/mol. The standard InChI is InChI=1S/C27H25FN2O4S/c28-20-10-8-17(9-11-20)13-21(25(32)30-27-12-4-7-24(27)34-15-23(27)31)29-26(33)22-14-19(16-35-22)18-5-2-1-3-6-18/h1-3,5-6,8-11,14,16,21,24H,4,7,12-13,15H2,(H,29,33)(H,30,32). The minimum absolute atomic E-state index is 0.0165. The number of ether oxygens (including phenoxy) is 1. The van der Waals surface area contributed by atoms with Crippen LogP contribution in [0.2, 0.25) is 0 Å². The number of Topliss-reactive ketones (excluding diaryl/α,β-unsaturated/α-hetero) is 1. The summed E-state index contributed by atoms with van der Waals surface area (Å²) >= 11 is 1.29. The zero-order valence-electron chi connectivity index (χ0n) is 19.0. The molecule has 35 heavy (non-hydrogen) atoms. The number of halogens is 1. The van der Waals surface area contributed by atoms with Crippen LogP contribution in [0.1, 0.15) is 34.5 Å². The van der Waals surface area contributed by atoms with Gasteiger partial charge in [0.25, 0.3) is 5.91 Å². The molecule has 2 fully saturated rings. The Bertz CT molecular complexity index is 1240. The first kappa shape index (κ1) is 23.4. The number of carbonyl (C=O) groups is 3. The normalized spacial score (nSPS) is 22.0. The summed E-state index contributed by atoms with van der Waals surface area (Å²) in [6.45, 7) is -0.0165. The molecule has 0 bridgehead atoms. The summed E-state index contributed by atoms with van der Waals surface area (Å²) in [5.74, 6) is -1.35. The quantitative estimate of drug-likeness (QED) is 0.524. The minimum atomic E-state index is -1.04. The number of nitrogens with one attached hydrogen (secondary N) is 2. The van der Waals surface area contributed by atoms with Crippen molar-refractivity contribution >= 4 is 28.9 Å². The van der Waals surface area contributed by atoms with E-state index in [1.807, 2.05) is 35.7 Å². The summed E-state index contributed by atoms with van der Waals surface area (Å²) in [4.78, 5) is 39.7. The maximum absolute atomic E-state index is 13.4. The zero-order chi connectivity index (χ0) is 24.4. The highest BCUT2D eigenvalue weighted by Gasteiger charge is 2.55. The SMILES string of the molecule is O=C(NC(Cc1ccc(F)cc1)C(=O)NC12CCCC1OCC2=O)c1cc(-c2ccccc2)cs1. The fraction of sp³-hybridized carbons (Fsp3) is 0.296. The number of fused-ring (bicyclic) bond motifs is 1. The summed E-state index contributed by atoms with van der Waals surface area (Å²) in [6.07, 6.45) is 1.82. The van der Waals surface area contributed by atoms with Crippen LogP contribution < -0.4 is 10.6 Å². The Labute approximate surface area is 206 Å². The molecule has 8 heteroatoms. The molecule has 180 valence electrons. The predicted molar refractivity (Wildman–Crippen MR) is 131 cm³/mol. The largest absolute Gasteiger partial charge is 0.367 e. The first-order valence-electron chi connectivity index (χ1n) is 11.6. The Kier molecular flexibility index (Phi) is 6.49. The third kappa shape index (κ3) is 4.76. The van der Waals surface area contributed by atoms with Crippen LogP contribution in [0.15, 0.2) is 66.0 Å². The molecule has 5 rings (SSSR count). The summed E-state index contributed by atoms with van der Waals surface area (Å²) < 4.78 is 19.0. The minimum Gasteiger partial charge on any atom is -0.367 e. The van der Waals surface area contributed by atoms with E-state index in [9.17, 15) is 18.8 Å². The van der Waals surface area contributed by atoms with Crippen molar-refractivity contribution in [3.8, 4) is 11.1 Å². The van der Waals surface area contributed by atoms with Crippen molar-refractivity contribution in [3.05, 3.63) is 82.3 Å². The zero-order valence-corrected chi connectivity index (χ0v) is 19.8. The van der Waals surface area contributed by atoms with E-state index in [4.69, 9.17) is 4.74 Å². The molecule has 0 radical (unpaired) electrons. The molecule has 1 saturated carbocycles. The number of thiophene rings is 1. The summed E-state index contributed by atoms with van der Waals surface area (Å²) in [5.41, 5.74) is 1.57. The third-order valence-corrected chi connectivity index (χ3v) is 7.68. The number of rotatable bonds is 7. The van der Waals surface area contributed by atoms with Gasteiger partial charge in [0, 0.05) is 6.42 Å². The highest BCUT2D eigenvalue weighted by Crippen LogP contribution is 2.38. The summed E-state index contributed by atoms with van der Waals surface area (Å²) in [5, 5.41) is 7.66. The van der Waals surface area contributed by atoms with Gasteiger partial charge in [0.15, 0.2) is 5.78 Å². The molecule has 3 atom stereocenters. The molecule has 3 aromatic rings. The van der Waals surface area contributed by atoms with Crippen LogP contribution in [-0.4, -0.2) is 41.9 Å². The number of hydrogen-bond donors (Lipinski definition) is 2. The van der Waals surface area contributed by atoms with Gasteiger partial charge < -0.3 is 15.4 Å². The Morgan fingerprint density at radius 2 is 1.89 bits per heavy atom. The molecular formula is C27H25FN2O4S. The van der Waals surface area contributed by atoms with E-state index in [1.165, 1.54) is 23.5 Å². The molecule has 2 amide bonds. The predicted octanol–water partition coefficient (Wildman–Crippen LogP) is 3.90. The number of amides is 2. The second kappa shape index (κ2) is 9.71. The maximum atomic E-state index is 13.4. The number of benzene rings is 2. The first-order valence-corrected chi connectivity index (χ1v) is 12.5. The Hall–Kier alpha value is -3.36. The lowest BCUT2D eigenvalue weighted by molar-refractivity contribution is -0.131. The molecule has 1 aliphatic carbocycles. The Morgan fingerprint density at radius 1 is 1.11 bits per heavy atom. The molecular weight excluding hydrogens is 467 g/mol. The molecule has 0 spiro atoms. The van der Waals surface area contributed by atoms with Crippen molar-refractivity contribution in [2.75, 3.05) is 6.61 Å². The van der Waals surface area contributed by atoms with Gasteiger partial charge in [0.1, 0.15) is 24.0 Å². The van der Waals surface area contributed by atoms with E-state index in [0.29, 0.717) is 23.3 Å². The number of hydrogen-bond acceptors (Lipinski definition) is 5. The maximum Gasteiger partial charge on any atom is 0.262 e. The van der Waals surface area contributed by atoms with Gasteiger partial charge in [-0.1, -0.05) is 42.5 Å². The monoisotopic (exact) mass is 492 g/mol. The van der Waals surface area contributed by atoms with Crippen LogP contribution in [-0.2, 0) is 20.7 Å². The molecule has 6 nitrogen and oxygen atoms in total. The molecule has 1 aliphatic heterocycles. The van der Waals surface area contributed by atoms with Crippen LogP contribution in [0.5, 0.6) is 0 Å². The lowest BCUT2D eigenvalue weighted by Crippen LogP contribution is -2.60. The van der Waals surface area contributed by atoms with Crippen LogP contribution in [0.25, 0.3) is 11.1 Å². The van der Waals surface area contributed by atoms with Gasteiger partial charge in [-0.2, -0.15) is 0 Å². The van der Waals surface area contributed by atoms with E-state index in [1.54, 1.807) is 18.2 Å². The second-order valence-electron chi connectivity index (χ2n) is 9.00. The van der Waals surface area contributed by atoms with Crippen molar-refractivity contribution in [2.45, 2.75) is 43.4 Å². The Morgan fingerprint density at radius 3 is 2.66 bits per heavy atom. The van der Waals surface area contributed by atoms with Crippen molar-refractivity contribution in [3.63, 3.8) is 0 Å². The topological polar surface area (TPSA) is 84.5 Å². The van der Waals surface area contributed by atoms with Gasteiger partial charge in [-0.3, -0.25) is 14.4 Å². The van der Waals surface area contributed by atoms with Crippen molar-refractivity contribution in [1.29, 1.82) is 0 Å². The van der Waals surface area contributed by atoms with E-state index in [-0.39, 0.29) is 36.6 Å². The van der Waals surface area contributed by atoms with Gasteiger partial charge in [-0.15, -0.1) is 11.3 Å². The van der Waals surface area contributed by atoms with E-state index in [0.717, 1.165) is 17.5 Å². The van der Waals surface area contributed by atoms with Crippen molar-refractivity contribution in [2.24, 2.45) is 0 Å². The fourth-order valence-electron chi connectivity index (χ4n) is 4.88. The van der Waals surface area contributed by atoms with E-state index in [2.05, 4.69) is 10.6 Å². The lowest BCUT2D eigenvalue weighted by Gasteiger charge is -2.30. The average Bonchev–Trinajstić information content (AvgIpc) is 3.58. The lowest BCUT2D eigenvalue weighted by atomic mass is 9.91. The first-order chi connectivity index (χ1) is 16.9. The van der Waals surface area contributed by atoms with Gasteiger partial charge in [0.2, 0.25) is 5.91 Å². The molecule has 2 N–H and O–H groups in total. The molecule has 1 saturated heterocycles. The number of ketones is 1. The third-order valence-electron chi connectivity index (χ3n) is 6.75. The molecule has 2 aromatic carbocycles. The molecule has 3 unspecified atom stereocenters. The summed E-state index contributed by atoms with van der Waals surface area (Å²) in [6, 6.07) is 16.4. The van der Waals surface area contributed by atoms with E-state index < -0.39 is 17.5 Å². The second-order valence-corrected chi connectivity index (χ2v) is 9.91. The molecule has 1 aromatic heterocycles. The smallest absolute Gasteiger partial charge is 0.262 e. The van der Waals surface area contributed by atoms with Crippen LogP contribution in [0.4, 0.5) is 4.39 Å². The Balaban J connectivity index is 1.36. The molecule has 2 aliphatic rings. The van der Waals surface area contributed by atoms with Gasteiger partial charge in [0.05, 0.1) is 11.0 Å². The van der Waals surface area contributed by atoms with E-state index >= 15 is 0 Å². The highest BCUT2D eigenvalue weighted by molar-refractivity contribution is 7.12. The van der Waals surface area contributed by atoms with Crippen LogP contribution >= 0.6 is 11.3 Å². The summed E-state index contributed by atoms with van der Waals surface area (Å²) in [7, 11) is 0. The van der Waals surface area contributed by atoms with Gasteiger partial charge >= 0.3 is 0 Å². The fourth-order valence-corrected chi connectivity index (χ4v) is 5.69. The van der Waals surface area contributed by atoms with Crippen LogP contribution in [0.3, 0.4) is 0 Å². The van der Waals surface area contributed by atoms with Gasteiger partial charge in [-0.25, -0.2) is 4.39 Å². The van der Waals surface area contributed by atoms with Crippen molar-refractivity contribution in [1.82, 2.24) is 10.6 Å². The van der Waals surface area contributed by atoms with Crippen LogP contribution in [0, 0.1) is 5.82 Å². The highest BCUT2D eigenvalue weighted by atomic mass is 32.1. The molecule has 2 heterocycles.